The Labute approximate surface area is 76.3 Å². The van der Waals surface area contributed by atoms with Gasteiger partial charge in [-0.1, -0.05) is 13.8 Å². The molecule has 0 aromatic rings. The molecular formula is C10H22O2. The maximum Gasteiger partial charge on any atom is 0.0569 e. The quantitative estimate of drug-likeness (QED) is 0.552. The Bertz CT molecular complexity index is 91.8. The second-order valence-corrected chi connectivity index (χ2v) is 3.37. The molecule has 0 aliphatic heterocycles. The minimum Gasteiger partial charge on any atom is -0.382 e. The van der Waals surface area contributed by atoms with Crippen molar-refractivity contribution in [1.29, 1.82) is 0 Å². The third kappa shape index (κ3) is 6.62. The van der Waals surface area contributed by atoms with E-state index in [1.807, 2.05) is 6.92 Å². The lowest BCUT2D eigenvalue weighted by atomic mass is 10.1. The maximum atomic E-state index is 5.57. The molecule has 0 saturated heterocycles. The van der Waals surface area contributed by atoms with Gasteiger partial charge in [-0.25, -0.2) is 0 Å². The zero-order valence-electron chi connectivity index (χ0n) is 8.80. The lowest BCUT2D eigenvalue weighted by molar-refractivity contribution is 0.0207. The van der Waals surface area contributed by atoms with E-state index in [1.165, 1.54) is 0 Å². The van der Waals surface area contributed by atoms with Crippen LogP contribution < -0.4 is 0 Å². The molecule has 0 N–H and O–H groups in total. The molecule has 0 rings (SSSR count). The molecule has 0 aliphatic rings. The molecule has 0 bridgehead atoms. The van der Waals surface area contributed by atoms with E-state index in [1.54, 1.807) is 0 Å². The monoisotopic (exact) mass is 174 g/mol. The van der Waals surface area contributed by atoms with E-state index in [4.69, 9.17) is 9.47 Å². The molecule has 0 aromatic carbocycles. The average molecular weight is 174 g/mol. The molecule has 74 valence electrons. The predicted molar refractivity (Wildman–Crippen MR) is 51.4 cm³/mol. The first-order chi connectivity index (χ1) is 5.68. The van der Waals surface area contributed by atoms with Crippen LogP contribution in [0.1, 0.15) is 34.1 Å². The first-order valence-electron chi connectivity index (χ1n) is 4.87. The summed E-state index contributed by atoms with van der Waals surface area (Å²) in [7, 11) is 0. The van der Waals surface area contributed by atoms with Crippen LogP contribution in [0.3, 0.4) is 0 Å². The normalized spacial score (nSPS) is 13.8. The Morgan fingerprint density at radius 2 is 1.75 bits per heavy atom. The Hall–Kier alpha value is -0.0800. The Balaban J connectivity index is 3.08. The van der Waals surface area contributed by atoms with Gasteiger partial charge in [0.25, 0.3) is 0 Å². The van der Waals surface area contributed by atoms with Gasteiger partial charge < -0.3 is 9.47 Å². The second kappa shape index (κ2) is 7.56. The van der Waals surface area contributed by atoms with Crippen molar-refractivity contribution in [3.8, 4) is 0 Å². The van der Waals surface area contributed by atoms with E-state index >= 15 is 0 Å². The van der Waals surface area contributed by atoms with Crippen molar-refractivity contribution >= 4 is 0 Å². The van der Waals surface area contributed by atoms with Crippen molar-refractivity contribution in [3.05, 3.63) is 0 Å². The molecule has 0 aliphatic carbocycles. The summed E-state index contributed by atoms with van der Waals surface area (Å²) in [5.74, 6) is 0.608. The van der Waals surface area contributed by atoms with Crippen molar-refractivity contribution < 1.29 is 9.47 Å². The summed E-state index contributed by atoms with van der Waals surface area (Å²) in [5.41, 5.74) is 0. The van der Waals surface area contributed by atoms with Crippen molar-refractivity contribution in [2.75, 3.05) is 19.8 Å². The van der Waals surface area contributed by atoms with E-state index in [9.17, 15) is 0 Å². The van der Waals surface area contributed by atoms with Crippen molar-refractivity contribution in [3.63, 3.8) is 0 Å². The maximum absolute atomic E-state index is 5.57. The number of hydrogen-bond donors (Lipinski definition) is 0. The second-order valence-electron chi connectivity index (χ2n) is 3.37. The van der Waals surface area contributed by atoms with Gasteiger partial charge >= 0.3 is 0 Å². The minimum absolute atomic E-state index is 0.367. The lowest BCUT2D eigenvalue weighted by Gasteiger charge is -2.16. The van der Waals surface area contributed by atoms with Crippen LogP contribution in [0.5, 0.6) is 0 Å². The van der Waals surface area contributed by atoms with Gasteiger partial charge in [0.05, 0.1) is 6.10 Å². The fourth-order valence-corrected chi connectivity index (χ4v) is 0.767. The van der Waals surface area contributed by atoms with Gasteiger partial charge in [0, 0.05) is 19.8 Å². The molecule has 0 heterocycles. The zero-order valence-corrected chi connectivity index (χ0v) is 8.80. The molecule has 12 heavy (non-hydrogen) atoms. The lowest BCUT2D eigenvalue weighted by Crippen LogP contribution is -2.16. The van der Waals surface area contributed by atoms with Gasteiger partial charge in [0.2, 0.25) is 0 Å². The van der Waals surface area contributed by atoms with Crippen LogP contribution in [0.15, 0.2) is 0 Å². The van der Waals surface area contributed by atoms with E-state index < -0.39 is 0 Å². The van der Waals surface area contributed by atoms with Gasteiger partial charge in [-0.3, -0.25) is 0 Å². The third-order valence-electron chi connectivity index (χ3n) is 1.96. The number of rotatable bonds is 7. The van der Waals surface area contributed by atoms with Crippen molar-refractivity contribution in [2.24, 2.45) is 5.92 Å². The van der Waals surface area contributed by atoms with E-state index in [0.717, 1.165) is 26.2 Å². The van der Waals surface area contributed by atoms with E-state index in [0.29, 0.717) is 12.0 Å². The molecule has 0 aromatic heterocycles. The summed E-state index contributed by atoms with van der Waals surface area (Å²) in [5, 5.41) is 0. The Morgan fingerprint density at radius 1 is 1.08 bits per heavy atom. The van der Waals surface area contributed by atoms with Gasteiger partial charge in [-0.15, -0.1) is 0 Å². The van der Waals surface area contributed by atoms with E-state index in [2.05, 4.69) is 20.8 Å². The average Bonchev–Trinajstić information content (AvgIpc) is 2.03. The summed E-state index contributed by atoms with van der Waals surface area (Å²) in [6.45, 7) is 10.9. The van der Waals surface area contributed by atoms with Crippen LogP contribution in [-0.2, 0) is 9.47 Å². The van der Waals surface area contributed by atoms with E-state index in [-0.39, 0.29) is 0 Å². The smallest absolute Gasteiger partial charge is 0.0569 e. The zero-order chi connectivity index (χ0) is 9.40. The molecule has 2 heteroatoms. The Morgan fingerprint density at radius 3 is 2.25 bits per heavy atom. The van der Waals surface area contributed by atoms with Crippen LogP contribution in [0.2, 0.25) is 0 Å². The topological polar surface area (TPSA) is 18.5 Å². The van der Waals surface area contributed by atoms with Crippen LogP contribution in [-0.4, -0.2) is 25.9 Å². The largest absolute Gasteiger partial charge is 0.382 e. The number of ether oxygens (including phenoxy) is 2. The van der Waals surface area contributed by atoms with Crippen LogP contribution in [0.4, 0.5) is 0 Å². The fourth-order valence-electron chi connectivity index (χ4n) is 0.767. The highest BCUT2D eigenvalue weighted by Crippen LogP contribution is 2.05. The molecule has 0 amide bonds. The van der Waals surface area contributed by atoms with Gasteiger partial charge in [-0.2, -0.15) is 0 Å². The molecule has 2 nitrogen and oxygen atoms in total. The fraction of sp³-hybridized carbons (Fsp3) is 1.00. The first kappa shape index (κ1) is 11.9. The highest BCUT2D eigenvalue weighted by atomic mass is 16.5. The Kier molecular flexibility index (Phi) is 7.51. The molecule has 0 saturated carbocycles. The standard InChI is InChI=1S/C10H22O2/c1-5-11-7-6-8-12-10(4)9(2)3/h9-10H,5-8H2,1-4H3. The summed E-state index contributed by atoms with van der Waals surface area (Å²) >= 11 is 0. The van der Waals surface area contributed by atoms with Crippen LogP contribution >= 0.6 is 0 Å². The summed E-state index contributed by atoms with van der Waals surface area (Å²) in [6.07, 6.45) is 1.37. The highest BCUT2D eigenvalue weighted by molar-refractivity contribution is 4.54. The third-order valence-corrected chi connectivity index (χ3v) is 1.96. The van der Waals surface area contributed by atoms with Gasteiger partial charge in [-0.05, 0) is 26.2 Å². The predicted octanol–water partition coefficient (Wildman–Crippen LogP) is 2.47. The van der Waals surface area contributed by atoms with Crippen LogP contribution in [0.25, 0.3) is 0 Å². The highest BCUT2D eigenvalue weighted by Gasteiger charge is 2.05. The summed E-state index contributed by atoms with van der Waals surface area (Å²) in [6, 6.07) is 0. The van der Waals surface area contributed by atoms with Crippen molar-refractivity contribution in [2.45, 2.75) is 40.2 Å². The summed E-state index contributed by atoms with van der Waals surface area (Å²) in [4.78, 5) is 0. The molecule has 0 spiro atoms. The van der Waals surface area contributed by atoms with Crippen molar-refractivity contribution in [1.82, 2.24) is 0 Å². The van der Waals surface area contributed by atoms with Crippen LogP contribution in [0, 0.1) is 5.92 Å². The summed E-state index contributed by atoms with van der Waals surface area (Å²) < 4.78 is 10.8. The molecule has 0 fully saturated rings. The molecule has 1 atom stereocenters. The molecule has 0 radical (unpaired) electrons. The van der Waals surface area contributed by atoms with Gasteiger partial charge in [0.15, 0.2) is 0 Å². The minimum atomic E-state index is 0.367. The molecular weight excluding hydrogens is 152 g/mol. The number of hydrogen-bond acceptors (Lipinski definition) is 2. The first-order valence-corrected chi connectivity index (χ1v) is 4.87. The SMILES string of the molecule is CCOCCCOC(C)C(C)C. The van der Waals surface area contributed by atoms with Gasteiger partial charge in [0.1, 0.15) is 0 Å². The molecule has 1 unspecified atom stereocenters.